The van der Waals surface area contributed by atoms with Gasteiger partial charge < -0.3 is 18.9 Å². The minimum absolute atomic E-state index is 0.269. The van der Waals surface area contributed by atoms with Gasteiger partial charge >= 0.3 is 0 Å². The summed E-state index contributed by atoms with van der Waals surface area (Å²) < 4.78 is 39.3. The summed E-state index contributed by atoms with van der Waals surface area (Å²) in [6.45, 7) is 6.41. The predicted octanol–water partition coefficient (Wildman–Crippen LogP) is 5.26. The first-order chi connectivity index (χ1) is 18.0. The lowest BCUT2D eigenvalue weighted by atomic mass is 9.95. The summed E-state index contributed by atoms with van der Waals surface area (Å²) in [7, 11) is 3.40. The van der Waals surface area contributed by atoms with Crippen molar-refractivity contribution in [1.29, 1.82) is 0 Å². The highest BCUT2D eigenvalue weighted by atomic mass is 19.1. The van der Waals surface area contributed by atoms with E-state index in [-0.39, 0.29) is 11.6 Å². The number of hydrogen-bond donors (Lipinski definition) is 0. The van der Waals surface area contributed by atoms with E-state index in [0.29, 0.717) is 13.2 Å². The van der Waals surface area contributed by atoms with Gasteiger partial charge in [-0.2, -0.15) is 5.10 Å². The molecule has 0 spiro atoms. The Balaban J connectivity index is 1.29. The zero-order chi connectivity index (χ0) is 26.1. The molecule has 0 unspecified atom stereocenters. The molecule has 1 fully saturated rings. The van der Waals surface area contributed by atoms with Crippen molar-refractivity contribution in [2.45, 2.75) is 51.3 Å². The standard InChI is InChI=1S/C29H38FN3O4/c1-23-19-31-33(20-23)15-7-17-36-27-11-10-24(18-28(27)34-2)21-32-14-6-12-29(35-3,13-16-32)22-37-26-9-5-4-8-25(26)30/h4-5,8-11,18-20H,6-7,12-17,21-22H2,1-3H3/t29-/m1/s1. The van der Waals surface area contributed by atoms with Crippen LogP contribution in [0, 0.1) is 12.7 Å². The molecule has 4 rings (SSSR count). The van der Waals surface area contributed by atoms with Crippen LogP contribution in [0.15, 0.2) is 54.9 Å². The molecule has 1 aliphatic heterocycles. The second-order valence-corrected chi connectivity index (χ2v) is 9.70. The van der Waals surface area contributed by atoms with Crippen molar-refractivity contribution >= 4 is 0 Å². The Bertz CT molecular complexity index is 1140. The van der Waals surface area contributed by atoms with Gasteiger partial charge in [-0.25, -0.2) is 4.39 Å². The van der Waals surface area contributed by atoms with Gasteiger partial charge in [-0.1, -0.05) is 18.2 Å². The van der Waals surface area contributed by atoms with Gasteiger partial charge in [0.15, 0.2) is 23.1 Å². The molecule has 3 aromatic rings. The van der Waals surface area contributed by atoms with Crippen LogP contribution >= 0.6 is 0 Å². The van der Waals surface area contributed by atoms with E-state index in [2.05, 4.69) is 22.1 Å². The molecular formula is C29H38FN3O4. The first-order valence-electron chi connectivity index (χ1n) is 12.9. The monoisotopic (exact) mass is 511 g/mol. The van der Waals surface area contributed by atoms with Crippen LogP contribution in [0.2, 0.25) is 0 Å². The summed E-state index contributed by atoms with van der Waals surface area (Å²) in [6.07, 6.45) is 7.41. The number of methoxy groups -OCH3 is 2. The molecule has 1 aliphatic rings. The quantitative estimate of drug-likeness (QED) is 0.309. The van der Waals surface area contributed by atoms with Crippen LogP contribution in [-0.2, 0) is 17.8 Å². The molecule has 37 heavy (non-hydrogen) atoms. The first-order valence-corrected chi connectivity index (χ1v) is 12.9. The van der Waals surface area contributed by atoms with Crippen molar-refractivity contribution in [2.24, 2.45) is 0 Å². The van der Waals surface area contributed by atoms with E-state index in [1.165, 1.54) is 11.6 Å². The second-order valence-electron chi connectivity index (χ2n) is 9.70. The lowest BCUT2D eigenvalue weighted by Crippen LogP contribution is -2.39. The first kappa shape index (κ1) is 26.9. The Labute approximate surface area is 219 Å². The van der Waals surface area contributed by atoms with Gasteiger partial charge in [-0.3, -0.25) is 9.58 Å². The van der Waals surface area contributed by atoms with Crippen LogP contribution in [0.5, 0.6) is 17.2 Å². The number of nitrogens with zero attached hydrogens (tertiary/aromatic N) is 3. The highest BCUT2D eigenvalue weighted by Crippen LogP contribution is 2.31. The van der Waals surface area contributed by atoms with Crippen LogP contribution < -0.4 is 14.2 Å². The van der Waals surface area contributed by atoms with Crippen molar-refractivity contribution in [1.82, 2.24) is 14.7 Å². The Morgan fingerprint density at radius 3 is 2.62 bits per heavy atom. The molecule has 2 aromatic carbocycles. The number of para-hydroxylation sites is 1. The number of benzene rings is 2. The van der Waals surface area contributed by atoms with Gasteiger partial charge in [0.05, 0.1) is 19.9 Å². The number of aromatic nitrogens is 2. The van der Waals surface area contributed by atoms with Gasteiger partial charge in [-0.15, -0.1) is 0 Å². The molecule has 0 aliphatic carbocycles. The van der Waals surface area contributed by atoms with Gasteiger partial charge in [0.25, 0.3) is 0 Å². The van der Waals surface area contributed by atoms with Gasteiger partial charge in [0.1, 0.15) is 12.2 Å². The fourth-order valence-corrected chi connectivity index (χ4v) is 4.75. The number of halogens is 1. The Morgan fingerprint density at radius 2 is 1.86 bits per heavy atom. The van der Waals surface area contributed by atoms with E-state index >= 15 is 0 Å². The van der Waals surface area contributed by atoms with E-state index in [4.69, 9.17) is 18.9 Å². The molecule has 0 amide bonds. The topological polar surface area (TPSA) is 58.0 Å². The molecule has 1 atom stereocenters. The van der Waals surface area contributed by atoms with Crippen LogP contribution in [0.25, 0.3) is 0 Å². The van der Waals surface area contributed by atoms with Crippen molar-refractivity contribution in [2.75, 3.05) is 40.5 Å². The Hall–Kier alpha value is -3.10. The minimum Gasteiger partial charge on any atom is -0.493 e. The highest BCUT2D eigenvalue weighted by Gasteiger charge is 2.34. The van der Waals surface area contributed by atoms with Crippen LogP contribution in [0.3, 0.4) is 0 Å². The number of aryl methyl sites for hydroxylation is 2. The maximum absolute atomic E-state index is 14.0. The molecule has 200 valence electrons. The highest BCUT2D eigenvalue weighted by molar-refractivity contribution is 5.43. The van der Waals surface area contributed by atoms with E-state index in [1.807, 2.05) is 30.1 Å². The molecule has 0 saturated carbocycles. The van der Waals surface area contributed by atoms with E-state index in [0.717, 1.165) is 68.9 Å². The lowest BCUT2D eigenvalue weighted by Gasteiger charge is -2.31. The lowest BCUT2D eigenvalue weighted by molar-refractivity contribution is -0.0548. The van der Waals surface area contributed by atoms with Crippen molar-refractivity contribution in [3.05, 3.63) is 71.8 Å². The molecule has 7 nitrogen and oxygen atoms in total. The van der Waals surface area contributed by atoms with Gasteiger partial charge in [0.2, 0.25) is 0 Å². The maximum Gasteiger partial charge on any atom is 0.165 e. The summed E-state index contributed by atoms with van der Waals surface area (Å²) in [5, 5.41) is 4.31. The molecule has 0 N–H and O–H groups in total. The third kappa shape index (κ3) is 7.46. The van der Waals surface area contributed by atoms with Gasteiger partial charge in [-0.05, 0) is 68.1 Å². The Kier molecular flexibility index (Phi) is 9.41. The zero-order valence-electron chi connectivity index (χ0n) is 22.1. The fourth-order valence-electron chi connectivity index (χ4n) is 4.75. The minimum atomic E-state index is -0.429. The number of hydrogen-bond acceptors (Lipinski definition) is 6. The van der Waals surface area contributed by atoms with Crippen LogP contribution in [-0.4, -0.2) is 60.8 Å². The summed E-state index contributed by atoms with van der Waals surface area (Å²) >= 11 is 0. The van der Waals surface area contributed by atoms with Crippen molar-refractivity contribution < 1.29 is 23.3 Å². The molecule has 8 heteroatoms. The maximum atomic E-state index is 14.0. The predicted molar refractivity (Wildman–Crippen MR) is 141 cm³/mol. The number of rotatable bonds is 12. The molecule has 1 aromatic heterocycles. The molecule has 1 saturated heterocycles. The molecule has 0 radical (unpaired) electrons. The van der Waals surface area contributed by atoms with E-state index in [9.17, 15) is 4.39 Å². The fraction of sp³-hybridized carbons (Fsp3) is 0.483. The van der Waals surface area contributed by atoms with Crippen molar-refractivity contribution in [3.63, 3.8) is 0 Å². The van der Waals surface area contributed by atoms with Crippen LogP contribution in [0.4, 0.5) is 4.39 Å². The normalized spacial score (nSPS) is 18.4. The number of likely N-dealkylation sites (tertiary alicyclic amines) is 1. The average Bonchev–Trinajstić information content (AvgIpc) is 3.22. The van der Waals surface area contributed by atoms with E-state index < -0.39 is 5.60 Å². The summed E-state index contributed by atoms with van der Waals surface area (Å²) in [5.74, 6) is 1.42. The summed E-state index contributed by atoms with van der Waals surface area (Å²) in [6, 6.07) is 12.7. The summed E-state index contributed by atoms with van der Waals surface area (Å²) in [4.78, 5) is 2.42. The van der Waals surface area contributed by atoms with Crippen molar-refractivity contribution in [3.8, 4) is 17.2 Å². The molecular weight excluding hydrogens is 473 g/mol. The average molecular weight is 512 g/mol. The largest absolute Gasteiger partial charge is 0.493 e. The van der Waals surface area contributed by atoms with Crippen LogP contribution in [0.1, 0.15) is 36.8 Å². The third-order valence-corrected chi connectivity index (χ3v) is 6.94. The second kappa shape index (κ2) is 12.9. The number of ether oxygens (including phenoxy) is 4. The SMILES string of the molecule is COc1cc(CN2CCC[C@@](COc3ccccc3F)(OC)CC2)ccc1OCCCn1cc(C)cn1. The molecule has 2 heterocycles. The smallest absolute Gasteiger partial charge is 0.165 e. The summed E-state index contributed by atoms with van der Waals surface area (Å²) in [5.41, 5.74) is 1.90. The molecule has 0 bridgehead atoms. The van der Waals surface area contributed by atoms with E-state index in [1.54, 1.807) is 32.4 Å². The Morgan fingerprint density at radius 1 is 1.00 bits per heavy atom. The third-order valence-electron chi connectivity index (χ3n) is 6.94. The zero-order valence-corrected chi connectivity index (χ0v) is 22.1. The van der Waals surface area contributed by atoms with Gasteiger partial charge in [0, 0.05) is 39.4 Å².